The standard InChI is InChI=1S/C23H30ClN5O/c1-14-13-25-23(28-21(14)29(2)3)27-18-9-7-17(8-10-18)26-22(30)20-12-19(20)15-5-4-6-16(24)11-15/h4-6,11,13,17-20H,7-10,12H2,1-3H3,(H,26,30)(H,25,27,28)/t17-,18+,19?,20?. The van der Waals surface area contributed by atoms with Crippen LogP contribution in [0.25, 0.3) is 0 Å². The first-order valence-corrected chi connectivity index (χ1v) is 11.1. The normalized spacial score (nSPS) is 25.5. The summed E-state index contributed by atoms with van der Waals surface area (Å²) in [4.78, 5) is 23.7. The van der Waals surface area contributed by atoms with E-state index in [1.807, 2.05) is 50.3 Å². The van der Waals surface area contributed by atoms with Crippen molar-refractivity contribution in [2.75, 3.05) is 24.3 Å². The van der Waals surface area contributed by atoms with Gasteiger partial charge in [0, 0.05) is 48.9 Å². The Morgan fingerprint density at radius 1 is 1.17 bits per heavy atom. The lowest BCUT2D eigenvalue weighted by molar-refractivity contribution is -0.123. The van der Waals surface area contributed by atoms with Crippen molar-refractivity contribution in [3.8, 4) is 0 Å². The fourth-order valence-corrected chi connectivity index (χ4v) is 4.62. The van der Waals surface area contributed by atoms with Gasteiger partial charge < -0.3 is 15.5 Å². The second-order valence-electron chi connectivity index (χ2n) is 8.80. The highest BCUT2D eigenvalue weighted by Crippen LogP contribution is 2.48. The van der Waals surface area contributed by atoms with Crippen molar-refractivity contribution in [1.29, 1.82) is 0 Å². The first kappa shape index (κ1) is 20.9. The number of anilines is 2. The lowest BCUT2D eigenvalue weighted by atomic mass is 9.91. The second-order valence-corrected chi connectivity index (χ2v) is 9.24. The van der Waals surface area contributed by atoms with Crippen molar-refractivity contribution >= 4 is 29.3 Å². The van der Waals surface area contributed by atoms with Crippen LogP contribution in [0.4, 0.5) is 11.8 Å². The molecular formula is C23H30ClN5O. The van der Waals surface area contributed by atoms with E-state index in [-0.39, 0.29) is 17.9 Å². The molecule has 0 spiro atoms. The SMILES string of the molecule is Cc1cnc(N[C@H]2CC[C@@H](NC(=O)C3CC3c3cccc(Cl)c3)CC2)nc1N(C)C. The number of nitrogens with one attached hydrogen (secondary N) is 2. The maximum absolute atomic E-state index is 12.7. The molecule has 0 radical (unpaired) electrons. The summed E-state index contributed by atoms with van der Waals surface area (Å²) >= 11 is 6.09. The molecule has 0 aliphatic heterocycles. The zero-order valence-electron chi connectivity index (χ0n) is 17.9. The smallest absolute Gasteiger partial charge is 0.224 e. The van der Waals surface area contributed by atoms with Crippen molar-refractivity contribution in [2.24, 2.45) is 5.92 Å². The molecular weight excluding hydrogens is 398 g/mol. The molecule has 2 fully saturated rings. The molecule has 160 valence electrons. The predicted molar refractivity (Wildman–Crippen MR) is 121 cm³/mol. The third kappa shape index (κ3) is 4.86. The molecule has 0 saturated heterocycles. The Morgan fingerprint density at radius 2 is 1.90 bits per heavy atom. The van der Waals surface area contributed by atoms with Crippen molar-refractivity contribution < 1.29 is 4.79 Å². The molecule has 6 nitrogen and oxygen atoms in total. The van der Waals surface area contributed by atoms with E-state index in [4.69, 9.17) is 11.6 Å². The molecule has 2 unspecified atom stereocenters. The van der Waals surface area contributed by atoms with Gasteiger partial charge in [-0.3, -0.25) is 4.79 Å². The van der Waals surface area contributed by atoms with Crippen LogP contribution in [-0.4, -0.2) is 42.1 Å². The van der Waals surface area contributed by atoms with Crippen LogP contribution in [0, 0.1) is 12.8 Å². The van der Waals surface area contributed by atoms with Gasteiger partial charge in [-0.05, 0) is 62.6 Å². The Hall–Kier alpha value is -2.34. The molecule has 2 saturated carbocycles. The Labute approximate surface area is 183 Å². The molecule has 7 heteroatoms. The minimum absolute atomic E-state index is 0.0877. The minimum atomic E-state index is 0.0877. The first-order chi connectivity index (χ1) is 14.4. The van der Waals surface area contributed by atoms with Gasteiger partial charge in [0.2, 0.25) is 11.9 Å². The summed E-state index contributed by atoms with van der Waals surface area (Å²) in [5.74, 6) is 2.20. The summed E-state index contributed by atoms with van der Waals surface area (Å²) in [6.07, 6.45) is 6.74. The molecule has 1 amide bonds. The van der Waals surface area contributed by atoms with E-state index in [2.05, 4.69) is 26.7 Å². The van der Waals surface area contributed by atoms with Crippen molar-refractivity contribution in [1.82, 2.24) is 15.3 Å². The van der Waals surface area contributed by atoms with E-state index in [0.717, 1.165) is 48.5 Å². The molecule has 2 atom stereocenters. The van der Waals surface area contributed by atoms with Gasteiger partial charge in [-0.15, -0.1) is 0 Å². The molecule has 4 rings (SSSR count). The van der Waals surface area contributed by atoms with E-state index in [1.54, 1.807) is 0 Å². The maximum Gasteiger partial charge on any atom is 0.224 e. The molecule has 1 heterocycles. The number of amides is 1. The van der Waals surface area contributed by atoms with Crippen LogP contribution in [0.2, 0.25) is 5.02 Å². The Kier molecular flexibility index (Phi) is 6.14. The van der Waals surface area contributed by atoms with Gasteiger partial charge in [0.15, 0.2) is 0 Å². The van der Waals surface area contributed by atoms with Gasteiger partial charge in [0.25, 0.3) is 0 Å². The van der Waals surface area contributed by atoms with E-state index in [0.29, 0.717) is 17.9 Å². The number of hydrogen-bond acceptors (Lipinski definition) is 5. The van der Waals surface area contributed by atoms with E-state index in [9.17, 15) is 4.79 Å². The van der Waals surface area contributed by atoms with Crippen molar-refractivity contribution in [3.63, 3.8) is 0 Å². The monoisotopic (exact) mass is 427 g/mol. The zero-order valence-corrected chi connectivity index (χ0v) is 18.6. The number of benzene rings is 1. The van der Waals surface area contributed by atoms with Crippen LogP contribution in [0.15, 0.2) is 30.5 Å². The quantitative estimate of drug-likeness (QED) is 0.724. The van der Waals surface area contributed by atoms with Gasteiger partial charge in [-0.1, -0.05) is 23.7 Å². The molecule has 2 N–H and O–H groups in total. The summed E-state index contributed by atoms with van der Waals surface area (Å²) in [5.41, 5.74) is 2.24. The average Bonchev–Trinajstić information content (AvgIpc) is 3.52. The number of hydrogen-bond donors (Lipinski definition) is 2. The van der Waals surface area contributed by atoms with E-state index in [1.165, 1.54) is 5.56 Å². The van der Waals surface area contributed by atoms with Gasteiger partial charge in [-0.25, -0.2) is 4.98 Å². The summed E-state index contributed by atoms with van der Waals surface area (Å²) < 4.78 is 0. The van der Waals surface area contributed by atoms with Gasteiger partial charge in [0.05, 0.1) is 0 Å². The molecule has 1 aromatic heterocycles. The zero-order chi connectivity index (χ0) is 21.3. The lowest BCUT2D eigenvalue weighted by Crippen LogP contribution is -2.41. The third-order valence-corrected chi connectivity index (χ3v) is 6.41. The van der Waals surface area contributed by atoms with E-state index < -0.39 is 0 Å². The minimum Gasteiger partial charge on any atom is -0.362 e. The van der Waals surface area contributed by atoms with Gasteiger partial charge in [0.1, 0.15) is 5.82 Å². The first-order valence-electron chi connectivity index (χ1n) is 10.7. The third-order valence-electron chi connectivity index (χ3n) is 6.18. The molecule has 30 heavy (non-hydrogen) atoms. The van der Waals surface area contributed by atoms with Crippen molar-refractivity contribution in [2.45, 2.75) is 57.0 Å². The molecule has 2 aliphatic rings. The summed E-state index contributed by atoms with van der Waals surface area (Å²) in [5, 5.41) is 7.48. The number of aryl methyl sites for hydroxylation is 1. The van der Waals surface area contributed by atoms with Crippen LogP contribution >= 0.6 is 11.6 Å². The second kappa shape index (κ2) is 8.80. The molecule has 2 aliphatic carbocycles. The van der Waals surface area contributed by atoms with E-state index >= 15 is 0 Å². The van der Waals surface area contributed by atoms with Crippen LogP contribution in [0.1, 0.15) is 49.1 Å². The number of nitrogens with zero attached hydrogens (tertiary/aromatic N) is 3. The largest absolute Gasteiger partial charge is 0.362 e. The summed E-state index contributed by atoms with van der Waals surface area (Å²) in [6, 6.07) is 8.47. The average molecular weight is 428 g/mol. The lowest BCUT2D eigenvalue weighted by Gasteiger charge is -2.30. The van der Waals surface area contributed by atoms with Gasteiger partial charge >= 0.3 is 0 Å². The highest BCUT2D eigenvalue weighted by atomic mass is 35.5. The highest BCUT2D eigenvalue weighted by Gasteiger charge is 2.44. The van der Waals surface area contributed by atoms with Crippen LogP contribution < -0.4 is 15.5 Å². The number of aromatic nitrogens is 2. The highest BCUT2D eigenvalue weighted by molar-refractivity contribution is 6.30. The summed E-state index contributed by atoms with van der Waals surface area (Å²) in [6.45, 7) is 2.02. The van der Waals surface area contributed by atoms with Gasteiger partial charge in [-0.2, -0.15) is 4.98 Å². The number of carbonyl (C=O) groups excluding carboxylic acids is 1. The maximum atomic E-state index is 12.7. The van der Waals surface area contributed by atoms with Crippen molar-refractivity contribution in [3.05, 3.63) is 46.6 Å². The van der Waals surface area contributed by atoms with Crippen LogP contribution in [0.3, 0.4) is 0 Å². The Balaban J connectivity index is 1.24. The summed E-state index contributed by atoms with van der Waals surface area (Å²) in [7, 11) is 3.98. The molecule has 2 aromatic rings. The Bertz CT molecular complexity index is 910. The fourth-order valence-electron chi connectivity index (χ4n) is 4.42. The molecule has 0 bridgehead atoms. The fraction of sp³-hybridized carbons (Fsp3) is 0.522. The molecule has 1 aromatic carbocycles. The topological polar surface area (TPSA) is 70.1 Å². The number of rotatable bonds is 6. The predicted octanol–water partition coefficient (Wildman–Crippen LogP) is 4.15. The number of carbonyl (C=O) groups is 1. The van der Waals surface area contributed by atoms with Crippen LogP contribution in [-0.2, 0) is 4.79 Å². The van der Waals surface area contributed by atoms with Crippen LogP contribution in [0.5, 0.6) is 0 Å². The number of halogens is 1. The Morgan fingerprint density at radius 3 is 2.60 bits per heavy atom.